The molecule has 3 heterocycles. The van der Waals surface area contributed by atoms with Crippen LogP contribution in [0.1, 0.15) is 25.7 Å². The van der Waals surface area contributed by atoms with E-state index in [0.717, 1.165) is 37.3 Å². The third-order valence-corrected chi connectivity index (χ3v) is 5.73. The summed E-state index contributed by atoms with van der Waals surface area (Å²) in [5.41, 5.74) is 1.55. The largest absolute Gasteiger partial charge is 0.365 e. The second kappa shape index (κ2) is 7.25. The minimum atomic E-state index is -0.503. The third kappa shape index (κ3) is 3.41. The fraction of sp³-hybridized carbons (Fsp3) is 0.353. The number of fused-ring (bicyclic) bond motifs is 1. The number of nitrogens with one attached hydrogen (secondary N) is 2. The predicted octanol–water partition coefficient (Wildman–Crippen LogP) is 4.56. The van der Waals surface area contributed by atoms with Gasteiger partial charge in [0.1, 0.15) is 5.65 Å². The van der Waals surface area contributed by atoms with Crippen molar-refractivity contribution in [2.45, 2.75) is 37.4 Å². The quantitative estimate of drug-likeness (QED) is 0.636. The van der Waals surface area contributed by atoms with Gasteiger partial charge in [0.15, 0.2) is 23.1 Å². The molecule has 3 atom stereocenters. The van der Waals surface area contributed by atoms with E-state index in [1.165, 1.54) is 0 Å². The lowest BCUT2D eigenvalue weighted by molar-refractivity contribution is 0.458. The molecule has 0 amide bonds. The van der Waals surface area contributed by atoms with E-state index in [0.29, 0.717) is 22.1 Å². The molecule has 6 nitrogen and oxygen atoms in total. The van der Waals surface area contributed by atoms with E-state index < -0.39 is 5.82 Å². The maximum absolute atomic E-state index is 14.2. The molecule has 9 heteroatoms. The lowest BCUT2D eigenvalue weighted by atomic mass is 9.95. The normalized spacial score (nSPS) is 20.5. The summed E-state index contributed by atoms with van der Waals surface area (Å²) in [6.07, 6.45) is 8.06. The highest BCUT2D eigenvalue weighted by atomic mass is 35.5. The van der Waals surface area contributed by atoms with Crippen molar-refractivity contribution in [2.75, 3.05) is 5.32 Å². The summed E-state index contributed by atoms with van der Waals surface area (Å²) < 4.78 is 25.4. The van der Waals surface area contributed by atoms with Crippen molar-refractivity contribution in [3.05, 3.63) is 35.5 Å². The van der Waals surface area contributed by atoms with Crippen LogP contribution < -0.4 is 5.32 Å². The fourth-order valence-electron chi connectivity index (χ4n) is 3.38. The van der Waals surface area contributed by atoms with E-state index in [1.807, 2.05) is 0 Å². The number of rotatable bonds is 4. The predicted molar refractivity (Wildman–Crippen MR) is 101 cm³/mol. The molecule has 2 N–H and O–H groups in total. The summed E-state index contributed by atoms with van der Waals surface area (Å²) in [5.74, 6) is 0.0536. The van der Waals surface area contributed by atoms with Crippen molar-refractivity contribution in [1.29, 1.82) is 0 Å². The van der Waals surface area contributed by atoms with Gasteiger partial charge in [0.2, 0.25) is 0 Å². The van der Waals surface area contributed by atoms with E-state index in [9.17, 15) is 8.96 Å². The SMILES string of the molecule is O=[PH+]C1CCCC(Nc2nc(-c3c[nH]c4ncc(Cl)cc34)ncc2F)C1. The number of aromatic nitrogens is 4. The van der Waals surface area contributed by atoms with Crippen LogP contribution in [0.3, 0.4) is 0 Å². The third-order valence-electron chi connectivity index (χ3n) is 4.66. The van der Waals surface area contributed by atoms with Crippen LogP contribution in [0.5, 0.6) is 0 Å². The highest BCUT2D eigenvalue weighted by Crippen LogP contribution is 2.31. The number of H-pyrrole nitrogens is 1. The van der Waals surface area contributed by atoms with E-state index in [-0.39, 0.29) is 26.0 Å². The van der Waals surface area contributed by atoms with Gasteiger partial charge < -0.3 is 10.3 Å². The molecule has 1 aliphatic rings. The number of hydrogen-bond donors (Lipinski definition) is 2. The number of hydrogen-bond acceptors (Lipinski definition) is 5. The zero-order valence-electron chi connectivity index (χ0n) is 13.8. The Balaban J connectivity index is 1.65. The van der Waals surface area contributed by atoms with Gasteiger partial charge in [0.25, 0.3) is 0 Å². The molecule has 0 aromatic carbocycles. The van der Waals surface area contributed by atoms with E-state index >= 15 is 0 Å². The molecule has 3 aromatic heterocycles. The molecule has 0 bridgehead atoms. The first kappa shape index (κ1) is 17.3. The zero-order valence-corrected chi connectivity index (χ0v) is 15.6. The molecule has 1 saturated carbocycles. The van der Waals surface area contributed by atoms with Gasteiger partial charge in [-0.05, 0) is 25.3 Å². The number of nitrogens with zero attached hydrogens (tertiary/aromatic N) is 3. The molecule has 26 heavy (non-hydrogen) atoms. The van der Waals surface area contributed by atoms with Crippen LogP contribution in [0.2, 0.25) is 5.02 Å². The van der Waals surface area contributed by atoms with Crippen LogP contribution >= 0.6 is 20.1 Å². The van der Waals surface area contributed by atoms with Crippen LogP contribution in [0.15, 0.2) is 24.7 Å². The molecule has 3 aromatic rings. The molecule has 0 spiro atoms. The summed E-state index contributed by atoms with van der Waals surface area (Å²) in [6.45, 7) is 0. The second-order valence-electron chi connectivity index (χ2n) is 6.46. The van der Waals surface area contributed by atoms with Crippen molar-refractivity contribution in [3.8, 4) is 11.4 Å². The molecule has 4 rings (SSSR count). The van der Waals surface area contributed by atoms with Crippen molar-refractivity contribution in [1.82, 2.24) is 19.9 Å². The molecule has 0 aliphatic heterocycles. The van der Waals surface area contributed by atoms with Gasteiger partial charge in [-0.15, -0.1) is 0 Å². The Morgan fingerprint density at radius 1 is 1.31 bits per heavy atom. The van der Waals surface area contributed by atoms with E-state index in [1.54, 1.807) is 18.5 Å². The van der Waals surface area contributed by atoms with Crippen LogP contribution in [-0.4, -0.2) is 31.6 Å². The highest BCUT2D eigenvalue weighted by molar-refractivity contribution is 7.24. The smallest absolute Gasteiger partial charge is 0.328 e. The standard InChI is InChI=1S/C17H16ClFN5OP/c18-9-4-12-13(7-21-15(12)20-6-9)16-22-8-14(19)17(24-16)23-10-2-1-3-11(5-10)26-25/h4,6-8,10-11H,1-3,5H2,(H,20,21)(H,22,23,24)/p+1. The molecular weight excluding hydrogens is 376 g/mol. The topological polar surface area (TPSA) is 83.6 Å². The molecule has 0 saturated heterocycles. The van der Waals surface area contributed by atoms with Gasteiger partial charge in [-0.25, -0.2) is 19.3 Å². The van der Waals surface area contributed by atoms with Gasteiger partial charge in [0.05, 0.1) is 11.2 Å². The summed E-state index contributed by atoms with van der Waals surface area (Å²) in [6, 6.07) is 1.84. The van der Waals surface area contributed by atoms with Crippen LogP contribution in [-0.2, 0) is 4.57 Å². The maximum Gasteiger partial charge on any atom is 0.328 e. The van der Waals surface area contributed by atoms with Crippen molar-refractivity contribution in [3.63, 3.8) is 0 Å². The van der Waals surface area contributed by atoms with Crippen molar-refractivity contribution < 1.29 is 8.96 Å². The Kier molecular flexibility index (Phi) is 4.83. The number of halogens is 2. The fourth-order valence-corrected chi connectivity index (χ4v) is 4.24. The van der Waals surface area contributed by atoms with Gasteiger partial charge in [0, 0.05) is 35.8 Å². The number of aromatic amines is 1. The van der Waals surface area contributed by atoms with Crippen molar-refractivity contribution >= 4 is 36.9 Å². The molecule has 1 aliphatic carbocycles. The minimum Gasteiger partial charge on any atom is -0.365 e. The zero-order chi connectivity index (χ0) is 18.1. The molecular formula is C17H17ClFN5OP+. The van der Waals surface area contributed by atoms with Crippen molar-refractivity contribution in [2.24, 2.45) is 0 Å². The first-order chi connectivity index (χ1) is 12.6. The molecule has 0 radical (unpaired) electrons. The Bertz CT molecular complexity index is 965. The summed E-state index contributed by atoms with van der Waals surface area (Å²) in [4.78, 5) is 15.8. The summed E-state index contributed by atoms with van der Waals surface area (Å²) in [7, 11) is -0.322. The van der Waals surface area contributed by atoms with Gasteiger partial charge in [-0.3, -0.25) is 0 Å². The van der Waals surface area contributed by atoms with Gasteiger partial charge in [-0.1, -0.05) is 16.2 Å². The lowest BCUT2D eigenvalue weighted by Gasteiger charge is -2.24. The van der Waals surface area contributed by atoms with Crippen LogP contribution in [0.25, 0.3) is 22.4 Å². The number of pyridine rings is 1. The molecule has 1 fully saturated rings. The Morgan fingerprint density at radius 3 is 3.04 bits per heavy atom. The summed E-state index contributed by atoms with van der Waals surface area (Å²) in [5, 5.41) is 4.45. The minimum absolute atomic E-state index is 0.0616. The van der Waals surface area contributed by atoms with Gasteiger partial charge >= 0.3 is 8.46 Å². The Labute approximate surface area is 155 Å². The first-order valence-corrected chi connectivity index (χ1v) is 9.80. The van der Waals surface area contributed by atoms with E-state index in [4.69, 9.17) is 11.6 Å². The molecule has 3 unspecified atom stereocenters. The average Bonchev–Trinajstić information content (AvgIpc) is 3.07. The Morgan fingerprint density at radius 2 is 2.19 bits per heavy atom. The highest BCUT2D eigenvalue weighted by Gasteiger charge is 2.27. The maximum atomic E-state index is 14.2. The summed E-state index contributed by atoms with van der Waals surface area (Å²) >= 11 is 6.03. The van der Waals surface area contributed by atoms with Gasteiger partial charge in [-0.2, -0.15) is 0 Å². The van der Waals surface area contributed by atoms with Crippen LogP contribution in [0.4, 0.5) is 10.2 Å². The number of anilines is 1. The second-order valence-corrected chi connectivity index (χ2v) is 7.95. The first-order valence-electron chi connectivity index (χ1n) is 8.44. The Hall–Kier alpha value is -2.11. The van der Waals surface area contributed by atoms with E-state index in [2.05, 4.69) is 25.3 Å². The lowest BCUT2D eigenvalue weighted by Crippen LogP contribution is -2.28. The molecule has 134 valence electrons. The average molecular weight is 393 g/mol. The van der Waals surface area contributed by atoms with Crippen LogP contribution in [0, 0.1) is 5.82 Å². The monoisotopic (exact) mass is 392 g/mol.